The molecule has 3 N–H and O–H groups in total. The molecule has 130 valence electrons. The Morgan fingerprint density at radius 1 is 1.17 bits per heavy atom. The largest absolute Gasteiger partial charge is 0.378 e. The van der Waals surface area contributed by atoms with E-state index in [0.717, 1.165) is 32.4 Å². The zero-order chi connectivity index (χ0) is 17.2. The monoisotopic (exact) mass is 332 g/mol. The lowest BCUT2D eigenvalue weighted by Crippen LogP contribution is -2.56. The lowest BCUT2D eigenvalue weighted by Gasteiger charge is -2.38. The first-order valence-corrected chi connectivity index (χ1v) is 8.53. The van der Waals surface area contributed by atoms with Crippen LogP contribution in [0.5, 0.6) is 0 Å². The second-order valence-electron chi connectivity index (χ2n) is 6.65. The number of likely N-dealkylation sites (tertiary alicyclic amines) is 1. The molecule has 1 aromatic rings. The molecule has 2 fully saturated rings. The summed E-state index contributed by atoms with van der Waals surface area (Å²) in [4.78, 5) is 32.4. The number of primary amides is 1. The summed E-state index contributed by atoms with van der Waals surface area (Å²) in [6, 6.07) is 3.50. The number of hydrogen-bond donors (Lipinski definition) is 2. The molecule has 0 spiro atoms. The molecule has 7 heteroatoms. The van der Waals surface area contributed by atoms with Crippen molar-refractivity contribution in [1.82, 2.24) is 9.88 Å². The summed E-state index contributed by atoms with van der Waals surface area (Å²) in [6.45, 7) is 2.23. The van der Waals surface area contributed by atoms with Gasteiger partial charge in [0.25, 0.3) is 11.8 Å². The third kappa shape index (κ3) is 3.21. The number of amides is 2. The minimum atomic E-state index is -1.57. The van der Waals surface area contributed by atoms with E-state index in [2.05, 4.69) is 4.98 Å². The van der Waals surface area contributed by atoms with Gasteiger partial charge >= 0.3 is 0 Å². The highest BCUT2D eigenvalue weighted by Gasteiger charge is 2.40. The van der Waals surface area contributed by atoms with Gasteiger partial charge in [-0.25, -0.2) is 4.98 Å². The number of nitrogens with zero attached hydrogens (tertiary/aromatic N) is 3. The molecule has 1 unspecified atom stereocenters. The van der Waals surface area contributed by atoms with Crippen LogP contribution in [-0.4, -0.2) is 58.6 Å². The highest BCUT2D eigenvalue weighted by atomic mass is 16.3. The maximum atomic E-state index is 12.9. The van der Waals surface area contributed by atoms with E-state index < -0.39 is 11.5 Å². The second kappa shape index (κ2) is 6.76. The van der Waals surface area contributed by atoms with Crippen LogP contribution in [-0.2, 0) is 4.79 Å². The summed E-state index contributed by atoms with van der Waals surface area (Å²) in [6.07, 6.45) is 5.77. The number of nitrogens with two attached hydrogens (primary N) is 1. The summed E-state index contributed by atoms with van der Waals surface area (Å²) in [5.41, 5.74) is 4.30. The van der Waals surface area contributed by atoms with Crippen molar-refractivity contribution in [2.75, 3.05) is 31.1 Å². The fraction of sp³-hybridized carbons (Fsp3) is 0.588. The molecule has 2 amide bonds. The Balaban J connectivity index is 1.86. The van der Waals surface area contributed by atoms with Gasteiger partial charge in [0, 0.05) is 25.8 Å². The van der Waals surface area contributed by atoms with Gasteiger partial charge < -0.3 is 20.6 Å². The molecule has 3 heterocycles. The van der Waals surface area contributed by atoms with Crippen LogP contribution in [0.15, 0.2) is 18.3 Å². The molecule has 1 aromatic heterocycles. The van der Waals surface area contributed by atoms with Gasteiger partial charge in [-0.2, -0.15) is 0 Å². The average molecular weight is 332 g/mol. The number of β-amino-alcohol motifs (C(OH)–C–C–N with tert-alkyl or cyclic N) is 1. The molecule has 0 aromatic carbocycles. The second-order valence-corrected chi connectivity index (χ2v) is 6.65. The molecule has 24 heavy (non-hydrogen) atoms. The SMILES string of the molecule is NC(=O)C1(O)CCCN(c2ncccc2C(=O)N2CCCCC2)C1. The number of aliphatic hydroxyl groups is 1. The van der Waals surface area contributed by atoms with Gasteiger partial charge in [0.1, 0.15) is 5.82 Å². The number of carbonyl (C=O) groups excluding carboxylic acids is 2. The first kappa shape index (κ1) is 16.7. The first-order valence-electron chi connectivity index (χ1n) is 8.53. The van der Waals surface area contributed by atoms with E-state index in [1.54, 1.807) is 23.2 Å². The van der Waals surface area contributed by atoms with Gasteiger partial charge in [-0.15, -0.1) is 0 Å². The molecule has 2 aliphatic rings. The Morgan fingerprint density at radius 2 is 1.92 bits per heavy atom. The van der Waals surface area contributed by atoms with Crippen LogP contribution in [0.4, 0.5) is 5.82 Å². The van der Waals surface area contributed by atoms with Crippen LogP contribution >= 0.6 is 0 Å². The van der Waals surface area contributed by atoms with Crippen LogP contribution in [0.25, 0.3) is 0 Å². The van der Waals surface area contributed by atoms with E-state index in [1.165, 1.54) is 0 Å². The van der Waals surface area contributed by atoms with E-state index in [1.807, 2.05) is 4.90 Å². The third-order valence-electron chi connectivity index (χ3n) is 4.89. The number of carbonyl (C=O) groups is 2. The van der Waals surface area contributed by atoms with E-state index >= 15 is 0 Å². The van der Waals surface area contributed by atoms with E-state index in [4.69, 9.17) is 5.73 Å². The van der Waals surface area contributed by atoms with Crippen molar-refractivity contribution in [2.45, 2.75) is 37.7 Å². The number of aromatic nitrogens is 1. The molecular weight excluding hydrogens is 308 g/mol. The number of piperidine rings is 2. The fourth-order valence-corrected chi connectivity index (χ4v) is 3.50. The lowest BCUT2D eigenvalue weighted by molar-refractivity contribution is -0.137. The molecule has 0 saturated carbocycles. The average Bonchev–Trinajstić information content (AvgIpc) is 2.62. The zero-order valence-corrected chi connectivity index (χ0v) is 13.8. The van der Waals surface area contributed by atoms with Crippen molar-refractivity contribution in [3.05, 3.63) is 23.9 Å². The smallest absolute Gasteiger partial charge is 0.257 e. The minimum Gasteiger partial charge on any atom is -0.378 e. The molecular formula is C17H24N4O3. The normalized spacial score (nSPS) is 24.7. The Hall–Kier alpha value is -2.15. The first-order chi connectivity index (χ1) is 11.5. The summed E-state index contributed by atoms with van der Waals surface area (Å²) >= 11 is 0. The van der Waals surface area contributed by atoms with Crippen LogP contribution < -0.4 is 10.6 Å². The molecule has 3 rings (SSSR count). The number of hydrogen-bond acceptors (Lipinski definition) is 5. The summed E-state index contributed by atoms with van der Waals surface area (Å²) in [7, 11) is 0. The van der Waals surface area contributed by atoms with Gasteiger partial charge in [0.2, 0.25) is 0 Å². The Bertz CT molecular complexity index is 630. The highest BCUT2D eigenvalue weighted by Crippen LogP contribution is 2.28. The molecule has 0 aliphatic carbocycles. The Morgan fingerprint density at radius 3 is 2.62 bits per heavy atom. The quantitative estimate of drug-likeness (QED) is 0.841. The predicted octanol–water partition coefficient (Wildman–Crippen LogP) is 0.524. The topological polar surface area (TPSA) is 99.8 Å². The van der Waals surface area contributed by atoms with Crippen molar-refractivity contribution >= 4 is 17.6 Å². The van der Waals surface area contributed by atoms with Crippen LogP contribution in [0.3, 0.4) is 0 Å². The van der Waals surface area contributed by atoms with Crippen molar-refractivity contribution < 1.29 is 14.7 Å². The number of rotatable bonds is 3. The van der Waals surface area contributed by atoms with Crippen LogP contribution in [0.1, 0.15) is 42.5 Å². The van der Waals surface area contributed by atoms with Gasteiger partial charge in [0.15, 0.2) is 5.60 Å². The van der Waals surface area contributed by atoms with Crippen molar-refractivity contribution in [3.63, 3.8) is 0 Å². The van der Waals surface area contributed by atoms with Gasteiger partial charge in [-0.05, 0) is 44.2 Å². The standard InChI is InChI=1S/C17H24N4O3/c18-16(23)17(24)7-5-11-21(12-17)14-13(6-4-8-19-14)15(22)20-9-2-1-3-10-20/h4,6,8,24H,1-3,5,7,9-12H2,(H2,18,23). The lowest BCUT2D eigenvalue weighted by atomic mass is 9.92. The van der Waals surface area contributed by atoms with E-state index in [9.17, 15) is 14.7 Å². The van der Waals surface area contributed by atoms with Gasteiger partial charge in [0.05, 0.1) is 12.1 Å². The van der Waals surface area contributed by atoms with E-state index in [-0.39, 0.29) is 12.5 Å². The minimum absolute atomic E-state index is 0.0361. The summed E-state index contributed by atoms with van der Waals surface area (Å²) < 4.78 is 0. The Kier molecular flexibility index (Phi) is 4.71. The van der Waals surface area contributed by atoms with Crippen molar-refractivity contribution in [3.8, 4) is 0 Å². The number of pyridine rings is 1. The molecule has 2 saturated heterocycles. The molecule has 0 radical (unpaired) electrons. The van der Waals surface area contributed by atoms with Crippen LogP contribution in [0.2, 0.25) is 0 Å². The molecule has 0 bridgehead atoms. The van der Waals surface area contributed by atoms with Gasteiger partial charge in [-0.3, -0.25) is 9.59 Å². The summed E-state index contributed by atoms with van der Waals surface area (Å²) in [5, 5.41) is 10.4. The summed E-state index contributed by atoms with van der Waals surface area (Å²) in [5.74, 6) is -0.245. The van der Waals surface area contributed by atoms with Crippen molar-refractivity contribution in [2.24, 2.45) is 5.73 Å². The molecule has 2 aliphatic heterocycles. The maximum absolute atomic E-state index is 12.9. The third-order valence-corrected chi connectivity index (χ3v) is 4.89. The van der Waals surface area contributed by atoms with Crippen LogP contribution in [0, 0.1) is 0 Å². The molecule has 1 atom stereocenters. The van der Waals surface area contributed by atoms with Gasteiger partial charge in [-0.1, -0.05) is 0 Å². The molecule has 7 nitrogen and oxygen atoms in total. The highest BCUT2D eigenvalue weighted by molar-refractivity contribution is 5.99. The van der Waals surface area contributed by atoms with E-state index in [0.29, 0.717) is 30.8 Å². The maximum Gasteiger partial charge on any atom is 0.257 e. The predicted molar refractivity (Wildman–Crippen MR) is 89.6 cm³/mol. The van der Waals surface area contributed by atoms with Crippen molar-refractivity contribution in [1.29, 1.82) is 0 Å². The zero-order valence-electron chi connectivity index (χ0n) is 13.8. The fourth-order valence-electron chi connectivity index (χ4n) is 3.50. The number of anilines is 1. The Labute approximate surface area is 141 Å².